The lowest BCUT2D eigenvalue weighted by Gasteiger charge is -2.19. The number of carbonyl (C=O) groups is 1. The number of aliphatic carboxylic acids is 1. The van der Waals surface area contributed by atoms with Gasteiger partial charge in [0, 0.05) is 29.6 Å². The number of pyridine rings is 1. The first-order valence-electron chi connectivity index (χ1n) is 7.28. The largest absolute Gasteiger partial charge is 0.479 e. The Morgan fingerprint density at radius 3 is 2.40 bits per heavy atom. The molecule has 3 rings (SSSR count). The number of nitrogens with zero attached hydrogens (tertiary/aromatic N) is 2. The van der Waals surface area contributed by atoms with Gasteiger partial charge in [-0.25, -0.2) is 22.0 Å². The predicted octanol–water partition coefficient (Wildman–Crippen LogP) is 1.57. The fourth-order valence-corrected chi connectivity index (χ4v) is 4.14. The van der Waals surface area contributed by atoms with Gasteiger partial charge < -0.3 is 5.11 Å². The number of halogens is 2. The van der Waals surface area contributed by atoms with E-state index in [4.69, 9.17) is 0 Å². The number of carboxylic acid groups (broad SMARTS) is 1. The first-order valence-corrected chi connectivity index (χ1v) is 9.17. The van der Waals surface area contributed by atoms with Crippen LogP contribution in [-0.4, -0.2) is 25.7 Å². The Bertz CT molecular complexity index is 972. The number of benzene rings is 1. The maximum atomic E-state index is 13.5. The number of anilines is 1. The van der Waals surface area contributed by atoms with E-state index in [-0.39, 0.29) is 22.9 Å². The molecule has 9 heteroatoms. The lowest BCUT2D eigenvalue weighted by molar-refractivity contribution is -0.690. The van der Waals surface area contributed by atoms with Crippen LogP contribution in [-0.2, 0) is 21.3 Å². The maximum Gasteiger partial charge on any atom is 0.337 e. The lowest BCUT2D eigenvalue weighted by atomic mass is 10.1. The summed E-state index contributed by atoms with van der Waals surface area (Å²) in [5, 5.41) is 9.66. The van der Waals surface area contributed by atoms with Crippen molar-refractivity contribution in [1.82, 2.24) is 0 Å². The van der Waals surface area contributed by atoms with Crippen LogP contribution in [0.3, 0.4) is 0 Å². The third kappa shape index (κ3) is 2.95. The van der Waals surface area contributed by atoms with Crippen molar-refractivity contribution in [2.45, 2.75) is 24.5 Å². The van der Waals surface area contributed by atoms with Gasteiger partial charge in [0.25, 0.3) is 0 Å². The zero-order chi connectivity index (χ0) is 18.5. The summed E-state index contributed by atoms with van der Waals surface area (Å²) in [6, 6.07) is 2.91. The molecule has 6 nitrogen and oxygen atoms in total. The van der Waals surface area contributed by atoms with Crippen LogP contribution in [0.25, 0.3) is 0 Å². The molecule has 0 amide bonds. The molecule has 0 spiro atoms. The minimum atomic E-state index is -3.54. The number of hydrogen-bond acceptors (Lipinski definition) is 4. The Morgan fingerprint density at radius 2 is 1.88 bits per heavy atom. The summed E-state index contributed by atoms with van der Waals surface area (Å²) in [5.74, 6) is -2.90. The van der Waals surface area contributed by atoms with Crippen molar-refractivity contribution >= 4 is 21.5 Å². The summed E-state index contributed by atoms with van der Waals surface area (Å²) in [7, 11) is -3.54. The summed E-state index contributed by atoms with van der Waals surface area (Å²) in [4.78, 5) is 13.2. The van der Waals surface area contributed by atoms with Gasteiger partial charge in [-0.15, -0.1) is 0 Å². The van der Waals surface area contributed by atoms with Crippen LogP contribution >= 0.6 is 0 Å². The van der Waals surface area contributed by atoms with Crippen molar-refractivity contribution in [3.05, 3.63) is 53.4 Å². The molecule has 1 aromatic carbocycles. The van der Waals surface area contributed by atoms with Gasteiger partial charge in [0.05, 0.1) is 4.90 Å². The average Bonchev–Trinajstić information content (AvgIpc) is 2.85. The van der Waals surface area contributed by atoms with Crippen molar-refractivity contribution in [2.75, 3.05) is 11.2 Å². The number of rotatable bonds is 3. The van der Waals surface area contributed by atoms with Gasteiger partial charge in [0.2, 0.25) is 18.4 Å². The molecule has 2 heterocycles. The van der Waals surface area contributed by atoms with E-state index in [0.29, 0.717) is 11.6 Å². The number of aromatic nitrogens is 1. The molecular weight excluding hydrogens is 354 g/mol. The van der Waals surface area contributed by atoms with Gasteiger partial charge in [0.15, 0.2) is 16.0 Å². The van der Waals surface area contributed by atoms with E-state index in [2.05, 4.69) is 0 Å². The van der Waals surface area contributed by atoms with Crippen molar-refractivity contribution in [2.24, 2.45) is 0 Å². The molecule has 1 aliphatic rings. The second-order valence-corrected chi connectivity index (χ2v) is 7.90. The molecule has 1 unspecified atom stereocenters. The van der Waals surface area contributed by atoms with Crippen molar-refractivity contribution in [3.63, 3.8) is 0 Å². The third-order valence-electron chi connectivity index (χ3n) is 4.16. The van der Waals surface area contributed by atoms with Crippen LogP contribution < -0.4 is 9.47 Å². The van der Waals surface area contributed by atoms with Crippen LogP contribution in [0.4, 0.5) is 14.5 Å². The van der Waals surface area contributed by atoms with Crippen LogP contribution in [0.15, 0.2) is 35.4 Å². The Morgan fingerprint density at radius 1 is 1.28 bits per heavy atom. The second-order valence-electron chi connectivity index (χ2n) is 5.91. The summed E-state index contributed by atoms with van der Waals surface area (Å²) in [5.41, 5.74) is 0.630. The SMILES string of the molecule is Cc1c(S(C)(=O)=O)cc[n+]2c1C(C(=O)O)N(c1cc(F)cc(F)c1)C2. The van der Waals surface area contributed by atoms with E-state index in [1.165, 1.54) is 24.1 Å². The molecule has 1 N–H and O–H groups in total. The van der Waals surface area contributed by atoms with E-state index < -0.39 is 33.5 Å². The smallest absolute Gasteiger partial charge is 0.337 e. The van der Waals surface area contributed by atoms with Crippen LogP contribution in [0.1, 0.15) is 17.3 Å². The number of fused-ring (bicyclic) bond motifs is 1. The zero-order valence-corrected chi connectivity index (χ0v) is 14.2. The topological polar surface area (TPSA) is 78.6 Å². The lowest BCUT2D eigenvalue weighted by Crippen LogP contribution is -2.37. The minimum Gasteiger partial charge on any atom is -0.479 e. The fraction of sp³-hybridized carbons (Fsp3) is 0.250. The monoisotopic (exact) mass is 369 g/mol. The highest BCUT2D eigenvalue weighted by atomic mass is 32.2. The highest BCUT2D eigenvalue weighted by Gasteiger charge is 2.45. The number of carboxylic acids is 1. The number of sulfone groups is 1. The van der Waals surface area contributed by atoms with Crippen molar-refractivity contribution < 1.29 is 31.7 Å². The van der Waals surface area contributed by atoms with E-state index in [1.54, 1.807) is 4.57 Å². The first-order chi connectivity index (χ1) is 11.6. The maximum absolute atomic E-state index is 13.5. The first kappa shape index (κ1) is 17.3. The summed E-state index contributed by atoms with van der Waals surface area (Å²) >= 11 is 0. The normalized spacial score (nSPS) is 16.8. The van der Waals surface area contributed by atoms with Crippen LogP contribution in [0.5, 0.6) is 0 Å². The van der Waals surface area contributed by atoms with E-state index in [1.807, 2.05) is 0 Å². The molecule has 0 saturated heterocycles. The van der Waals surface area contributed by atoms with E-state index >= 15 is 0 Å². The standard InChI is InChI=1S/C16H14F2N2O4S/c1-9-13(25(2,23)24)3-4-19-8-20(15(14(9)19)16(21)22)12-6-10(17)5-11(18)7-12/h3-7,15H,8H2,1-2H3/p+1. The Hall–Kier alpha value is -2.55. The second kappa shape index (κ2) is 5.76. The molecular formula is C16H15F2N2O4S+. The van der Waals surface area contributed by atoms with Gasteiger partial charge in [-0.2, -0.15) is 4.57 Å². The van der Waals surface area contributed by atoms with Gasteiger partial charge in [-0.05, 0) is 19.1 Å². The zero-order valence-electron chi connectivity index (χ0n) is 13.4. The van der Waals surface area contributed by atoms with Crippen molar-refractivity contribution in [3.8, 4) is 0 Å². The molecule has 1 atom stereocenters. The molecule has 0 fully saturated rings. The van der Waals surface area contributed by atoms with Gasteiger partial charge in [-0.1, -0.05) is 0 Å². The quantitative estimate of drug-likeness (QED) is 0.831. The molecule has 0 radical (unpaired) electrons. The molecule has 1 aliphatic heterocycles. The van der Waals surface area contributed by atoms with Gasteiger partial charge >= 0.3 is 5.97 Å². The Kier molecular flexibility index (Phi) is 3.98. The van der Waals surface area contributed by atoms with E-state index in [9.17, 15) is 27.1 Å². The summed E-state index contributed by atoms with van der Waals surface area (Å²) in [6.07, 6.45) is 2.50. The van der Waals surface area contributed by atoms with Crippen LogP contribution in [0, 0.1) is 18.6 Å². The molecule has 2 aromatic rings. The average molecular weight is 369 g/mol. The van der Waals surface area contributed by atoms with Crippen molar-refractivity contribution in [1.29, 1.82) is 0 Å². The Labute approximate surface area is 142 Å². The van der Waals surface area contributed by atoms with E-state index in [0.717, 1.165) is 18.4 Å². The van der Waals surface area contributed by atoms with Crippen LogP contribution in [0.2, 0.25) is 0 Å². The number of hydrogen-bond donors (Lipinski definition) is 1. The van der Waals surface area contributed by atoms with Gasteiger partial charge in [0.1, 0.15) is 11.6 Å². The Balaban J connectivity index is 2.19. The molecule has 1 aromatic heterocycles. The molecule has 0 saturated carbocycles. The fourth-order valence-electron chi connectivity index (χ4n) is 3.17. The predicted molar refractivity (Wildman–Crippen MR) is 83.7 cm³/mol. The molecule has 132 valence electrons. The molecule has 0 aliphatic carbocycles. The highest BCUT2D eigenvalue weighted by molar-refractivity contribution is 7.90. The summed E-state index contributed by atoms with van der Waals surface area (Å²) < 4.78 is 52.4. The van der Waals surface area contributed by atoms with Gasteiger partial charge in [-0.3, -0.25) is 4.90 Å². The highest BCUT2D eigenvalue weighted by Crippen LogP contribution is 2.34. The minimum absolute atomic E-state index is 0.0253. The molecule has 25 heavy (non-hydrogen) atoms. The third-order valence-corrected chi connectivity index (χ3v) is 5.40. The molecule has 0 bridgehead atoms. The summed E-state index contributed by atoms with van der Waals surface area (Å²) in [6.45, 7) is 1.55.